The van der Waals surface area contributed by atoms with Gasteiger partial charge in [0.15, 0.2) is 0 Å². The molecule has 8 heteroatoms. The van der Waals surface area contributed by atoms with E-state index in [0.717, 1.165) is 38.5 Å². The van der Waals surface area contributed by atoms with Crippen LogP contribution < -0.4 is 0 Å². The second kappa shape index (κ2) is 9.17. The SMILES string of the molecule is CCC(C)(C)C(=O)OC12CC3CC(O)(CC(O)(C3)C1)C2.CCC(C)(C)C(=O)OC1C2CC3C1OC(=O)C3C2C. The first-order chi connectivity index (χ1) is 18.0. The van der Waals surface area contributed by atoms with Gasteiger partial charge in [-0.1, -0.05) is 20.8 Å². The number of aliphatic hydroxyl groups is 2. The van der Waals surface area contributed by atoms with Crippen molar-refractivity contribution in [2.24, 2.45) is 40.4 Å². The first-order valence-corrected chi connectivity index (χ1v) is 15.1. The number of carbonyl (C=O) groups is 3. The average Bonchev–Trinajstić information content (AvgIpc) is 3.41. The van der Waals surface area contributed by atoms with Crippen LogP contribution in [0.5, 0.6) is 0 Å². The van der Waals surface area contributed by atoms with Gasteiger partial charge in [0.25, 0.3) is 0 Å². The Balaban J connectivity index is 0.000000158. The van der Waals surface area contributed by atoms with Gasteiger partial charge in [-0.3, -0.25) is 14.4 Å². The molecule has 6 aliphatic carbocycles. The Morgan fingerprint density at radius 1 is 0.923 bits per heavy atom. The number of rotatable bonds is 6. The Morgan fingerprint density at radius 3 is 2.03 bits per heavy atom. The summed E-state index contributed by atoms with van der Waals surface area (Å²) in [5.74, 6) is 0.714. The molecular formula is C31H48O8. The maximum atomic E-state index is 12.4. The summed E-state index contributed by atoms with van der Waals surface area (Å²) < 4.78 is 17.1. The fourth-order valence-corrected chi connectivity index (χ4v) is 8.77. The summed E-state index contributed by atoms with van der Waals surface area (Å²) in [4.78, 5) is 36.5. The minimum absolute atomic E-state index is 0.0455. The molecule has 2 N–H and O–H groups in total. The summed E-state index contributed by atoms with van der Waals surface area (Å²) in [5.41, 5.74) is -3.30. The second-order valence-electron chi connectivity index (χ2n) is 15.2. The molecule has 8 atom stereocenters. The lowest BCUT2D eigenvalue weighted by Gasteiger charge is -2.62. The van der Waals surface area contributed by atoms with Crippen LogP contribution in [0, 0.1) is 40.4 Å². The Kier molecular flexibility index (Phi) is 6.78. The third-order valence-electron chi connectivity index (χ3n) is 11.3. The van der Waals surface area contributed by atoms with Gasteiger partial charge in [0.1, 0.15) is 17.8 Å². The lowest BCUT2D eigenvalue weighted by Crippen LogP contribution is -2.67. The van der Waals surface area contributed by atoms with Crippen LogP contribution in [0.1, 0.15) is 106 Å². The number of hydrogen-bond donors (Lipinski definition) is 2. The van der Waals surface area contributed by atoms with Gasteiger partial charge in [0.05, 0.1) is 27.9 Å². The van der Waals surface area contributed by atoms with Gasteiger partial charge in [-0.2, -0.15) is 0 Å². The molecule has 0 aromatic carbocycles. The van der Waals surface area contributed by atoms with Crippen LogP contribution in [0.15, 0.2) is 0 Å². The predicted molar refractivity (Wildman–Crippen MR) is 142 cm³/mol. The van der Waals surface area contributed by atoms with E-state index in [1.807, 2.05) is 41.5 Å². The molecule has 6 bridgehead atoms. The largest absolute Gasteiger partial charge is 0.458 e. The fraction of sp³-hybridized carbons (Fsp3) is 0.903. The third-order valence-corrected chi connectivity index (χ3v) is 11.3. The summed E-state index contributed by atoms with van der Waals surface area (Å²) in [6, 6.07) is 0. The summed E-state index contributed by atoms with van der Waals surface area (Å²) in [6.07, 6.45) is 5.72. The van der Waals surface area contributed by atoms with E-state index in [1.54, 1.807) is 0 Å². The molecule has 39 heavy (non-hydrogen) atoms. The van der Waals surface area contributed by atoms with Crippen molar-refractivity contribution in [3.63, 3.8) is 0 Å². The van der Waals surface area contributed by atoms with Crippen molar-refractivity contribution in [2.75, 3.05) is 0 Å². The highest BCUT2D eigenvalue weighted by atomic mass is 16.6. The highest BCUT2D eigenvalue weighted by Crippen LogP contribution is 2.61. The smallest absolute Gasteiger partial charge is 0.312 e. The molecule has 6 saturated carbocycles. The van der Waals surface area contributed by atoms with E-state index in [0.29, 0.717) is 25.2 Å². The fourth-order valence-electron chi connectivity index (χ4n) is 8.77. The molecule has 0 spiro atoms. The molecule has 7 fully saturated rings. The summed E-state index contributed by atoms with van der Waals surface area (Å²) in [5, 5.41) is 21.3. The van der Waals surface area contributed by atoms with E-state index in [9.17, 15) is 24.6 Å². The van der Waals surface area contributed by atoms with Crippen molar-refractivity contribution in [3.8, 4) is 0 Å². The number of hydrogen-bond acceptors (Lipinski definition) is 8. The standard InChI is InChI=1S/C16H26O4.C15H22O4/c1-4-13(2,3)12(17)20-16-7-11-5-14(18,9-16)8-15(19,6-11)10-16;1-5-15(3,4)14(17)19-11-8-6-9-10(7(8)2)13(16)18-12(9)11/h11,18-19H,4-10H2,1-3H3;7-12H,5-6H2,1-4H3. The van der Waals surface area contributed by atoms with Crippen LogP contribution in [-0.2, 0) is 28.6 Å². The zero-order chi connectivity index (χ0) is 28.8. The lowest BCUT2D eigenvalue weighted by molar-refractivity contribution is -0.264. The van der Waals surface area contributed by atoms with Crippen LogP contribution in [0.25, 0.3) is 0 Å². The molecule has 7 rings (SSSR count). The first-order valence-electron chi connectivity index (χ1n) is 15.1. The van der Waals surface area contributed by atoms with E-state index >= 15 is 0 Å². The number of carbonyl (C=O) groups excluding carboxylic acids is 3. The van der Waals surface area contributed by atoms with Crippen LogP contribution in [0.3, 0.4) is 0 Å². The third kappa shape index (κ3) is 4.81. The molecule has 1 aliphatic heterocycles. The van der Waals surface area contributed by atoms with Gasteiger partial charge < -0.3 is 24.4 Å². The molecule has 0 aromatic rings. The molecule has 8 unspecified atom stereocenters. The number of esters is 3. The van der Waals surface area contributed by atoms with Gasteiger partial charge in [0.2, 0.25) is 0 Å². The molecule has 0 amide bonds. The number of ether oxygens (including phenoxy) is 3. The minimum atomic E-state index is -0.842. The van der Waals surface area contributed by atoms with Crippen molar-refractivity contribution in [3.05, 3.63) is 0 Å². The van der Waals surface area contributed by atoms with Gasteiger partial charge in [-0.05, 0) is 78.1 Å². The first kappa shape index (κ1) is 28.8. The van der Waals surface area contributed by atoms with Crippen molar-refractivity contribution < 1.29 is 38.8 Å². The van der Waals surface area contributed by atoms with E-state index in [-0.39, 0.29) is 53.8 Å². The second-order valence-corrected chi connectivity index (χ2v) is 15.2. The molecule has 8 nitrogen and oxygen atoms in total. The quantitative estimate of drug-likeness (QED) is 0.372. The number of fused-ring (bicyclic) bond motifs is 1. The minimum Gasteiger partial charge on any atom is -0.458 e. The lowest BCUT2D eigenvalue weighted by atomic mass is 9.50. The summed E-state index contributed by atoms with van der Waals surface area (Å²) in [6.45, 7) is 13.6. The topological polar surface area (TPSA) is 119 Å². The van der Waals surface area contributed by atoms with Crippen LogP contribution in [0.4, 0.5) is 0 Å². The van der Waals surface area contributed by atoms with Crippen molar-refractivity contribution in [1.82, 2.24) is 0 Å². The molecule has 1 heterocycles. The maximum absolute atomic E-state index is 12.4. The summed E-state index contributed by atoms with van der Waals surface area (Å²) >= 11 is 0. The van der Waals surface area contributed by atoms with Crippen LogP contribution in [0.2, 0.25) is 0 Å². The Bertz CT molecular complexity index is 1010. The van der Waals surface area contributed by atoms with Gasteiger partial charge in [-0.25, -0.2) is 0 Å². The molecule has 0 aromatic heterocycles. The monoisotopic (exact) mass is 548 g/mol. The van der Waals surface area contributed by atoms with Crippen LogP contribution >= 0.6 is 0 Å². The molecule has 220 valence electrons. The molecular weight excluding hydrogens is 500 g/mol. The average molecular weight is 549 g/mol. The molecule has 0 radical (unpaired) electrons. The highest BCUT2D eigenvalue weighted by Gasteiger charge is 2.67. The normalized spacial score (nSPS) is 45.1. The Morgan fingerprint density at radius 2 is 1.49 bits per heavy atom. The van der Waals surface area contributed by atoms with Gasteiger partial charge >= 0.3 is 17.9 Å². The Hall–Kier alpha value is -1.67. The van der Waals surface area contributed by atoms with E-state index in [2.05, 4.69) is 6.92 Å². The predicted octanol–water partition coefficient (Wildman–Crippen LogP) is 4.33. The Labute approximate surface area is 232 Å². The van der Waals surface area contributed by atoms with Gasteiger partial charge in [-0.15, -0.1) is 0 Å². The zero-order valence-corrected chi connectivity index (χ0v) is 24.7. The van der Waals surface area contributed by atoms with E-state index in [4.69, 9.17) is 14.2 Å². The van der Waals surface area contributed by atoms with Gasteiger partial charge in [0, 0.05) is 31.1 Å². The highest BCUT2D eigenvalue weighted by molar-refractivity contribution is 5.79. The zero-order valence-electron chi connectivity index (χ0n) is 24.7. The molecule has 7 aliphatic rings. The maximum Gasteiger partial charge on any atom is 0.312 e. The van der Waals surface area contributed by atoms with Crippen molar-refractivity contribution in [2.45, 2.75) is 135 Å². The van der Waals surface area contributed by atoms with Crippen LogP contribution in [-0.4, -0.2) is 57.1 Å². The molecule has 1 saturated heterocycles. The van der Waals surface area contributed by atoms with Crippen molar-refractivity contribution in [1.29, 1.82) is 0 Å². The van der Waals surface area contributed by atoms with E-state index in [1.165, 1.54) is 0 Å². The van der Waals surface area contributed by atoms with E-state index < -0.39 is 27.6 Å². The van der Waals surface area contributed by atoms with Crippen molar-refractivity contribution >= 4 is 17.9 Å². The summed E-state index contributed by atoms with van der Waals surface area (Å²) in [7, 11) is 0.